The van der Waals surface area contributed by atoms with E-state index in [0.717, 1.165) is 0 Å². The summed E-state index contributed by atoms with van der Waals surface area (Å²) in [5, 5.41) is 2.90. The number of rotatable bonds is 7. The van der Waals surface area contributed by atoms with Crippen LogP contribution in [0.2, 0.25) is 0 Å². The van der Waals surface area contributed by atoms with Crippen molar-refractivity contribution in [1.29, 1.82) is 0 Å². The van der Waals surface area contributed by atoms with E-state index in [1.807, 2.05) is 0 Å². The van der Waals surface area contributed by atoms with Crippen molar-refractivity contribution in [3.05, 3.63) is 29.8 Å². The van der Waals surface area contributed by atoms with Crippen LogP contribution in [-0.2, 0) is 10.0 Å². The number of Topliss-reactive ketones (excluding diaryl/α,β-unsaturated/α-hetero) is 1. The summed E-state index contributed by atoms with van der Waals surface area (Å²) in [6, 6.07) is 6.19. The number of benzene rings is 1. The minimum absolute atomic E-state index is 0.0603. The fourth-order valence-electron chi connectivity index (χ4n) is 1.60. The van der Waals surface area contributed by atoms with Gasteiger partial charge in [0.1, 0.15) is 0 Å². The second-order valence-electron chi connectivity index (χ2n) is 4.23. The van der Waals surface area contributed by atoms with Gasteiger partial charge < -0.3 is 5.32 Å². The minimum atomic E-state index is -3.53. The molecule has 1 aromatic carbocycles. The summed E-state index contributed by atoms with van der Waals surface area (Å²) in [7, 11) is -0.241. The molecule has 6 heteroatoms. The number of ketones is 1. The van der Waals surface area contributed by atoms with Crippen LogP contribution >= 0.6 is 0 Å². The van der Waals surface area contributed by atoms with Crippen LogP contribution in [0.15, 0.2) is 29.2 Å². The molecule has 0 unspecified atom stereocenters. The van der Waals surface area contributed by atoms with Crippen molar-refractivity contribution in [3.8, 4) is 0 Å². The van der Waals surface area contributed by atoms with Crippen LogP contribution in [0, 0.1) is 0 Å². The molecular formula is C13H20N2O3S. The molecule has 0 amide bonds. The van der Waals surface area contributed by atoms with Crippen molar-refractivity contribution in [3.63, 3.8) is 0 Å². The summed E-state index contributed by atoms with van der Waals surface area (Å²) in [5.41, 5.74) is 0.436. The Hall–Kier alpha value is -1.24. The van der Waals surface area contributed by atoms with Crippen LogP contribution in [0.4, 0.5) is 0 Å². The summed E-state index contributed by atoms with van der Waals surface area (Å²) in [4.78, 5) is 11.8. The zero-order chi connectivity index (χ0) is 14.5. The fourth-order valence-corrected chi connectivity index (χ4v) is 2.82. The molecule has 0 aliphatic carbocycles. The number of hydrogen-bond donors (Lipinski definition) is 1. The second kappa shape index (κ2) is 6.79. The highest BCUT2D eigenvalue weighted by molar-refractivity contribution is 7.89. The zero-order valence-electron chi connectivity index (χ0n) is 11.5. The molecule has 0 aromatic heterocycles. The first-order valence-electron chi connectivity index (χ1n) is 6.17. The van der Waals surface area contributed by atoms with Gasteiger partial charge in [-0.2, -0.15) is 4.31 Å². The van der Waals surface area contributed by atoms with Gasteiger partial charge in [-0.3, -0.25) is 4.79 Å². The lowest BCUT2D eigenvalue weighted by molar-refractivity contribution is 0.0988. The van der Waals surface area contributed by atoms with Gasteiger partial charge in [0.25, 0.3) is 0 Å². The molecule has 0 aliphatic heterocycles. The van der Waals surface area contributed by atoms with E-state index in [2.05, 4.69) is 5.32 Å². The molecule has 1 aromatic rings. The highest BCUT2D eigenvalue weighted by Gasteiger charge is 2.21. The SMILES string of the molecule is CCC(=O)c1cccc(S(=O)(=O)N(C)CCNC)c1. The van der Waals surface area contributed by atoms with E-state index in [4.69, 9.17) is 0 Å². The lowest BCUT2D eigenvalue weighted by atomic mass is 10.1. The van der Waals surface area contributed by atoms with Gasteiger partial charge in [0.15, 0.2) is 5.78 Å². The molecule has 106 valence electrons. The quantitative estimate of drug-likeness (QED) is 0.762. The first-order valence-corrected chi connectivity index (χ1v) is 7.61. The van der Waals surface area contributed by atoms with Crippen molar-refractivity contribution >= 4 is 15.8 Å². The van der Waals surface area contributed by atoms with Gasteiger partial charge >= 0.3 is 0 Å². The Kier molecular flexibility index (Phi) is 5.65. The average molecular weight is 284 g/mol. The standard InChI is InChI=1S/C13H20N2O3S/c1-4-13(16)11-6-5-7-12(10-11)19(17,18)15(3)9-8-14-2/h5-7,10,14H,4,8-9H2,1-3H3. The molecule has 1 rings (SSSR count). The summed E-state index contributed by atoms with van der Waals surface area (Å²) in [5.74, 6) is -0.0603. The van der Waals surface area contributed by atoms with Crippen LogP contribution in [0.3, 0.4) is 0 Å². The number of likely N-dealkylation sites (N-methyl/N-ethyl adjacent to an activating group) is 2. The van der Waals surface area contributed by atoms with E-state index in [1.165, 1.54) is 23.5 Å². The van der Waals surface area contributed by atoms with Gasteiger partial charge in [0.05, 0.1) is 4.90 Å². The summed E-state index contributed by atoms with van der Waals surface area (Å²) >= 11 is 0. The number of carbonyl (C=O) groups excluding carboxylic acids is 1. The predicted octanol–water partition coefficient (Wildman–Crippen LogP) is 1.12. The van der Waals surface area contributed by atoms with Crippen molar-refractivity contribution in [1.82, 2.24) is 9.62 Å². The maximum absolute atomic E-state index is 12.3. The summed E-state index contributed by atoms with van der Waals surface area (Å²) in [6.07, 6.45) is 0.360. The van der Waals surface area contributed by atoms with E-state index >= 15 is 0 Å². The minimum Gasteiger partial charge on any atom is -0.318 e. The Bertz CT molecular complexity index is 541. The molecule has 0 aliphatic rings. The molecule has 5 nitrogen and oxygen atoms in total. The normalized spacial score (nSPS) is 11.8. The van der Waals surface area contributed by atoms with Gasteiger partial charge in [-0.25, -0.2) is 8.42 Å². The highest BCUT2D eigenvalue weighted by Crippen LogP contribution is 2.16. The Morgan fingerprint density at radius 2 is 2.05 bits per heavy atom. The van der Waals surface area contributed by atoms with Crippen molar-refractivity contribution in [2.24, 2.45) is 0 Å². The van der Waals surface area contributed by atoms with Gasteiger partial charge in [0, 0.05) is 32.1 Å². The maximum atomic E-state index is 12.3. The molecule has 0 bridgehead atoms. The molecule has 0 spiro atoms. The lowest BCUT2D eigenvalue weighted by Gasteiger charge is -2.17. The third-order valence-corrected chi connectivity index (χ3v) is 4.71. The van der Waals surface area contributed by atoms with Crippen LogP contribution < -0.4 is 5.32 Å². The van der Waals surface area contributed by atoms with Crippen molar-refractivity contribution in [2.45, 2.75) is 18.2 Å². The van der Waals surface area contributed by atoms with Crippen LogP contribution in [-0.4, -0.2) is 45.7 Å². The molecular weight excluding hydrogens is 264 g/mol. The Balaban J connectivity index is 3.04. The molecule has 1 N–H and O–H groups in total. The van der Waals surface area contributed by atoms with E-state index in [9.17, 15) is 13.2 Å². The predicted molar refractivity (Wildman–Crippen MR) is 74.8 cm³/mol. The molecule has 19 heavy (non-hydrogen) atoms. The first-order chi connectivity index (χ1) is 8.93. The van der Waals surface area contributed by atoms with Crippen molar-refractivity contribution in [2.75, 3.05) is 27.2 Å². The molecule has 0 saturated carbocycles. The molecule has 0 fully saturated rings. The van der Waals surface area contributed by atoms with E-state index in [-0.39, 0.29) is 10.7 Å². The third kappa shape index (κ3) is 3.86. The van der Waals surface area contributed by atoms with Crippen molar-refractivity contribution < 1.29 is 13.2 Å². The first kappa shape index (κ1) is 15.8. The summed E-state index contributed by atoms with van der Waals surface area (Å²) < 4.78 is 25.9. The zero-order valence-corrected chi connectivity index (χ0v) is 12.3. The Morgan fingerprint density at radius 3 is 2.63 bits per heavy atom. The molecule has 0 heterocycles. The number of hydrogen-bond acceptors (Lipinski definition) is 4. The number of carbonyl (C=O) groups is 1. The maximum Gasteiger partial charge on any atom is 0.242 e. The molecule has 0 radical (unpaired) electrons. The topological polar surface area (TPSA) is 66.5 Å². The van der Waals surface area contributed by atoms with Gasteiger partial charge in [-0.15, -0.1) is 0 Å². The van der Waals surface area contributed by atoms with E-state index < -0.39 is 10.0 Å². The Labute approximate surface area is 114 Å². The summed E-state index contributed by atoms with van der Waals surface area (Å²) in [6.45, 7) is 2.71. The molecule has 0 atom stereocenters. The number of nitrogens with one attached hydrogen (secondary N) is 1. The fraction of sp³-hybridized carbons (Fsp3) is 0.462. The van der Waals surface area contributed by atoms with E-state index in [0.29, 0.717) is 25.1 Å². The third-order valence-electron chi connectivity index (χ3n) is 2.86. The highest BCUT2D eigenvalue weighted by atomic mass is 32.2. The second-order valence-corrected chi connectivity index (χ2v) is 6.28. The van der Waals surface area contributed by atoms with Crippen LogP contribution in [0.5, 0.6) is 0 Å². The van der Waals surface area contributed by atoms with Crippen LogP contribution in [0.25, 0.3) is 0 Å². The van der Waals surface area contributed by atoms with Gasteiger partial charge in [-0.1, -0.05) is 19.1 Å². The van der Waals surface area contributed by atoms with Gasteiger partial charge in [0.2, 0.25) is 10.0 Å². The van der Waals surface area contributed by atoms with Crippen LogP contribution in [0.1, 0.15) is 23.7 Å². The Morgan fingerprint density at radius 1 is 1.37 bits per heavy atom. The van der Waals surface area contributed by atoms with Gasteiger partial charge in [-0.05, 0) is 19.2 Å². The van der Waals surface area contributed by atoms with E-state index in [1.54, 1.807) is 26.1 Å². The number of sulfonamides is 1. The number of nitrogens with zero attached hydrogens (tertiary/aromatic N) is 1. The average Bonchev–Trinajstić information content (AvgIpc) is 2.43. The molecule has 0 saturated heterocycles. The monoisotopic (exact) mass is 284 g/mol. The smallest absolute Gasteiger partial charge is 0.242 e. The lowest BCUT2D eigenvalue weighted by Crippen LogP contribution is -2.32. The largest absolute Gasteiger partial charge is 0.318 e.